The van der Waals surface area contributed by atoms with Crippen LogP contribution in [0.3, 0.4) is 0 Å². The third-order valence-electron chi connectivity index (χ3n) is 5.15. The van der Waals surface area contributed by atoms with Crippen LogP contribution < -0.4 is 33.8 Å². The fraction of sp³-hybridized carbons (Fsp3) is 0.125. The van der Waals surface area contributed by atoms with E-state index >= 15 is 0 Å². The van der Waals surface area contributed by atoms with Crippen molar-refractivity contribution in [2.75, 3.05) is 0 Å². The van der Waals surface area contributed by atoms with E-state index in [1.54, 1.807) is 0 Å². The maximum Gasteiger partial charge on any atom is 0.248 e. The second-order valence-electron chi connectivity index (χ2n) is 7.21. The van der Waals surface area contributed by atoms with Crippen molar-refractivity contribution in [3.8, 4) is 0 Å². The van der Waals surface area contributed by atoms with E-state index in [-0.39, 0.29) is 12.4 Å². The zero-order valence-corrected chi connectivity index (χ0v) is 20.9. The van der Waals surface area contributed by atoms with Crippen LogP contribution >= 0.6 is 42.1 Å². The molecule has 4 aromatic rings. The molecule has 31 heavy (non-hydrogen) atoms. The van der Waals surface area contributed by atoms with E-state index in [4.69, 9.17) is 39.8 Å². The Kier molecular flexibility index (Phi) is 7.41. The molecule has 0 aliphatic rings. The maximum absolute atomic E-state index is 6.20. The fourth-order valence-electron chi connectivity index (χ4n) is 3.80. The summed E-state index contributed by atoms with van der Waals surface area (Å²) >= 11 is 18.6. The van der Waals surface area contributed by atoms with Crippen LogP contribution in [-0.2, 0) is 3.79 Å². The van der Waals surface area contributed by atoms with Gasteiger partial charge in [0.25, 0.3) is 0 Å². The van der Waals surface area contributed by atoms with Crippen molar-refractivity contribution < 1.29 is 12.4 Å². The number of nitrogens with zero attached hydrogens (tertiary/aromatic N) is 1. The van der Waals surface area contributed by atoms with Crippen molar-refractivity contribution in [1.82, 2.24) is 9.97 Å². The molecule has 0 unspecified atom stereocenters. The number of H-pyrrole nitrogens is 1. The smallest absolute Gasteiger partial charge is 0.248 e. The van der Waals surface area contributed by atoms with Crippen molar-refractivity contribution >= 4 is 63.4 Å². The molecule has 0 amide bonds. The Hall–Kier alpha value is -1.54. The lowest BCUT2D eigenvalue weighted by atomic mass is 10.2. The molecule has 0 aliphatic carbocycles. The van der Waals surface area contributed by atoms with Gasteiger partial charge >= 0.3 is 0 Å². The number of hydrogen-bond acceptors (Lipinski definition) is 1. The average molecular weight is 510 g/mol. The molecule has 7 heteroatoms. The van der Waals surface area contributed by atoms with Crippen molar-refractivity contribution in [3.05, 3.63) is 102 Å². The summed E-state index contributed by atoms with van der Waals surface area (Å²) in [5.74, 6) is 0.336. The Bertz CT molecular complexity index is 1100. The predicted molar refractivity (Wildman–Crippen MR) is 132 cm³/mol. The summed E-state index contributed by atoms with van der Waals surface area (Å²) in [5.41, 5.74) is 3.03. The molecule has 1 heterocycles. The number of aryl methyl sites for hydroxylation is 2. The van der Waals surface area contributed by atoms with Gasteiger partial charge < -0.3 is 17.4 Å². The molecule has 1 aromatic heterocycles. The number of imidazole rings is 1. The van der Waals surface area contributed by atoms with Gasteiger partial charge in [-0.2, -0.15) is 4.98 Å². The summed E-state index contributed by atoms with van der Waals surface area (Å²) in [4.78, 5) is 8.13. The number of benzene rings is 3. The molecule has 160 valence electrons. The molecular formula is C24H21Cl4N2P. The van der Waals surface area contributed by atoms with E-state index in [9.17, 15) is 0 Å². The minimum absolute atomic E-state index is 0. The summed E-state index contributed by atoms with van der Waals surface area (Å²) in [6.45, 7) is 4.09. The van der Waals surface area contributed by atoms with E-state index in [2.05, 4.69) is 84.7 Å². The summed E-state index contributed by atoms with van der Waals surface area (Å²) in [5, 5.41) is 3.60. The Morgan fingerprint density at radius 3 is 1.58 bits per heavy atom. The number of aromatic nitrogens is 2. The third-order valence-corrected chi connectivity index (χ3v) is 9.98. The van der Waals surface area contributed by atoms with Crippen molar-refractivity contribution in [1.29, 1.82) is 0 Å². The lowest BCUT2D eigenvalue weighted by molar-refractivity contribution is -0.00000589. The first-order valence-corrected chi connectivity index (χ1v) is 12.5. The number of nitrogens with one attached hydrogen (secondary N) is 1. The first-order valence-electron chi connectivity index (χ1n) is 9.55. The Labute approximate surface area is 204 Å². The Morgan fingerprint density at radius 2 is 1.16 bits per heavy atom. The molecule has 2 nitrogen and oxygen atoms in total. The van der Waals surface area contributed by atoms with Gasteiger partial charge in [0, 0.05) is 0 Å². The van der Waals surface area contributed by atoms with Crippen LogP contribution in [0.4, 0.5) is 0 Å². The maximum atomic E-state index is 6.20. The molecule has 4 rings (SSSR count). The molecule has 0 saturated carbocycles. The second kappa shape index (κ2) is 9.53. The normalized spacial score (nSPS) is 11.8. The molecule has 3 aromatic carbocycles. The quantitative estimate of drug-likeness (QED) is 0.332. The zero-order valence-electron chi connectivity index (χ0n) is 17.0. The van der Waals surface area contributed by atoms with Crippen molar-refractivity contribution in [3.63, 3.8) is 0 Å². The van der Waals surface area contributed by atoms with Crippen LogP contribution in [-0.4, -0.2) is 9.97 Å². The van der Waals surface area contributed by atoms with E-state index in [0.717, 1.165) is 11.1 Å². The van der Waals surface area contributed by atoms with Crippen LogP contribution in [0, 0.1) is 13.8 Å². The van der Waals surface area contributed by atoms with Gasteiger partial charge in [-0.15, -0.1) is 0 Å². The largest absolute Gasteiger partial charge is 1.00 e. The van der Waals surface area contributed by atoms with Gasteiger partial charge in [0.1, 0.15) is 15.9 Å². The van der Waals surface area contributed by atoms with Crippen molar-refractivity contribution in [2.45, 2.75) is 17.6 Å². The van der Waals surface area contributed by atoms with E-state index in [0.29, 0.717) is 5.82 Å². The SMILES string of the molecule is Cc1ccc([P+](c2ccccc2)(c2ccccc2)c2nc(C(Cl)(Cl)Cl)[nH]c2C)cc1.[Cl-]. The monoisotopic (exact) mass is 508 g/mol. The van der Waals surface area contributed by atoms with Crippen LogP contribution in [0.1, 0.15) is 17.1 Å². The molecule has 0 fully saturated rings. The highest BCUT2D eigenvalue weighted by molar-refractivity contribution is 8.01. The molecule has 0 saturated heterocycles. The number of rotatable bonds is 4. The minimum Gasteiger partial charge on any atom is -1.00 e. The standard InChI is InChI=1S/C24H21Cl3N2P.ClH/c1-17-13-15-21(16-14-17)30(19-9-5-3-6-10-19,20-11-7-4-8-12-20)22-18(2)28-23(29-22)24(25,26)27;/h3-16H,1-2H3,(H,28,29);1H/q+1;/p-1. The number of halogens is 4. The highest BCUT2D eigenvalue weighted by Crippen LogP contribution is 2.55. The summed E-state index contributed by atoms with van der Waals surface area (Å²) in [6.07, 6.45) is 0. The van der Waals surface area contributed by atoms with Crippen LogP contribution in [0.5, 0.6) is 0 Å². The molecule has 0 bridgehead atoms. The highest BCUT2D eigenvalue weighted by atomic mass is 35.6. The van der Waals surface area contributed by atoms with Crippen LogP contribution in [0.2, 0.25) is 0 Å². The average Bonchev–Trinajstić information content (AvgIpc) is 3.14. The Balaban J connectivity index is 0.00000272. The van der Waals surface area contributed by atoms with E-state index in [1.807, 2.05) is 19.1 Å². The summed E-state index contributed by atoms with van der Waals surface area (Å²) in [6, 6.07) is 29.7. The van der Waals surface area contributed by atoms with Crippen LogP contribution in [0.25, 0.3) is 0 Å². The molecule has 0 atom stereocenters. The lowest BCUT2D eigenvalue weighted by Gasteiger charge is -2.26. The first kappa shape index (κ1) is 24.1. The number of alkyl halides is 3. The van der Waals surface area contributed by atoms with E-state index in [1.165, 1.54) is 21.5 Å². The lowest BCUT2D eigenvalue weighted by Crippen LogP contribution is -3.00. The van der Waals surface area contributed by atoms with Gasteiger partial charge in [-0.3, -0.25) is 0 Å². The molecule has 0 radical (unpaired) electrons. The summed E-state index contributed by atoms with van der Waals surface area (Å²) in [7, 11) is -2.33. The number of aromatic amines is 1. The number of hydrogen-bond donors (Lipinski definition) is 1. The third kappa shape index (κ3) is 4.51. The van der Waals surface area contributed by atoms with E-state index < -0.39 is 11.1 Å². The van der Waals surface area contributed by atoms with Crippen LogP contribution in [0.15, 0.2) is 84.9 Å². The summed E-state index contributed by atoms with van der Waals surface area (Å²) < 4.78 is -1.63. The first-order chi connectivity index (χ1) is 14.3. The van der Waals surface area contributed by atoms with Gasteiger partial charge in [-0.1, -0.05) is 88.9 Å². The second-order valence-corrected chi connectivity index (χ2v) is 12.8. The fourth-order valence-corrected chi connectivity index (χ4v) is 8.34. The van der Waals surface area contributed by atoms with Gasteiger partial charge in [0.15, 0.2) is 13.1 Å². The van der Waals surface area contributed by atoms with Gasteiger partial charge in [-0.25, -0.2) is 0 Å². The van der Waals surface area contributed by atoms with Crippen molar-refractivity contribution in [2.24, 2.45) is 0 Å². The Morgan fingerprint density at radius 1 is 0.710 bits per heavy atom. The predicted octanol–water partition coefficient (Wildman–Crippen LogP) is 2.48. The molecule has 0 spiro atoms. The molecular weight excluding hydrogens is 489 g/mol. The molecule has 1 N–H and O–H groups in total. The topological polar surface area (TPSA) is 28.7 Å². The van der Waals surface area contributed by atoms with Gasteiger partial charge in [0.2, 0.25) is 9.23 Å². The minimum atomic E-state index is -2.33. The highest BCUT2D eigenvalue weighted by Gasteiger charge is 2.52. The molecule has 0 aliphatic heterocycles. The van der Waals surface area contributed by atoms with Gasteiger partial charge in [-0.05, 0) is 50.2 Å². The van der Waals surface area contributed by atoms with Gasteiger partial charge in [0.05, 0.1) is 5.69 Å². The zero-order chi connectivity index (χ0) is 21.4.